The van der Waals surface area contributed by atoms with Gasteiger partial charge in [-0.3, -0.25) is 9.59 Å². The number of aliphatic carboxylic acids is 1. The molecule has 27 heavy (non-hydrogen) atoms. The first-order valence-corrected chi connectivity index (χ1v) is 8.73. The molecule has 6 heteroatoms. The number of carbonyl (C=O) groups excluding carboxylic acids is 1. The molecule has 0 spiro atoms. The number of anilines is 1. The molecular weight excluding hydrogens is 346 g/mol. The van der Waals surface area contributed by atoms with Gasteiger partial charge in [0.25, 0.3) is 0 Å². The first kappa shape index (κ1) is 20.3. The number of benzene rings is 2. The highest BCUT2D eigenvalue weighted by atomic mass is 16.5. The lowest BCUT2D eigenvalue weighted by atomic mass is 9.85. The van der Waals surface area contributed by atoms with E-state index in [1.54, 1.807) is 45.2 Å². The molecule has 0 unspecified atom stereocenters. The smallest absolute Gasteiger partial charge is 0.313 e. The Balaban J connectivity index is 1.76. The van der Waals surface area contributed by atoms with Crippen molar-refractivity contribution >= 4 is 17.6 Å². The average molecular weight is 371 g/mol. The van der Waals surface area contributed by atoms with Gasteiger partial charge in [0.1, 0.15) is 11.5 Å². The summed E-state index contributed by atoms with van der Waals surface area (Å²) < 4.78 is 10.7. The quantitative estimate of drug-likeness (QED) is 0.654. The largest absolute Gasteiger partial charge is 0.497 e. The molecule has 0 fully saturated rings. The van der Waals surface area contributed by atoms with E-state index in [0.29, 0.717) is 30.7 Å². The van der Waals surface area contributed by atoms with Crippen LogP contribution in [0.4, 0.5) is 5.69 Å². The summed E-state index contributed by atoms with van der Waals surface area (Å²) in [6, 6.07) is 14.1. The number of nitrogens with one attached hydrogen (secondary N) is 1. The van der Waals surface area contributed by atoms with E-state index in [4.69, 9.17) is 9.47 Å². The molecule has 144 valence electrons. The maximum atomic E-state index is 12.0. The molecule has 0 heterocycles. The summed E-state index contributed by atoms with van der Waals surface area (Å²) in [5.74, 6) is 0.488. The van der Waals surface area contributed by atoms with E-state index >= 15 is 0 Å². The van der Waals surface area contributed by atoms with E-state index in [1.165, 1.54) is 0 Å². The summed E-state index contributed by atoms with van der Waals surface area (Å²) in [7, 11) is 1.61. The molecule has 2 aromatic carbocycles. The van der Waals surface area contributed by atoms with Crippen molar-refractivity contribution in [3.8, 4) is 11.5 Å². The highest BCUT2D eigenvalue weighted by molar-refractivity contribution is 5.90. The molecule has 6 nitrogen and oxygen atoms in total. The molecule has 0 saturated carbocycles. The van der Waals surface area contributed by atoms with E-state index in [9.17, 15) is 14.7 Å². The lowest BCUT2D eigenvalue weighted by molar-refractivity contribution is -0.142. The lowest BCUT2D eigenvalue weighted by Gasteiger charge is -2.19. The van der Waals surface area contributed by atoms with Crippen LogP contribution in [0.25, 0.3) is 0 Å². The van der Waals surface area contributed by atoms with Gasteiger partial charge in [-0.1, -0.05) is 12.1 Å². The second-order valence-electron chi connectivity index (χ2n) is 6.68. The molecule has 0 aliphatic carbocycles. The Morgan fingerprint density at radius 2 is 1.59 bits per heavy atom. The first-order chi connectivity index (χ1) is 12.8. The fourth-order valence-electron chi connectivity index (χ4n) is 2.41. The van der Waals surface area contributed by atoms with Crippen LogP contribution in [-0.2, 0) is 15.0 Å². The Labute approximate surface area is 159 Å². The van der Waals surface area contributed by atoms with Gasteiger partial charge in [-0.15, -0.1) is 0 Å². The molecule has 0 bridgehead atoms. The lowest BCUT2D eigenvalue weighted by Crippen LogP contribution is -2.28. The van der Waals surface area contributed by atoms with Gasteiger partial charge in [0.05, 0.1) is 19.1 Å². The molecule has 0 radical (unpaired) electrons. The topological polar surface area (TPSA) is 84.9 Å². The number of ether oxygens (including phenoxy) is 2. The Hall–Kier alpha value is -3.02. The number of amides is 1. The van der Waals surface area contributed by atoms with E-state index in [1.807, 2.05) is 24.3 Å². The third kappa shape index (κ3) is 5.74. The van der Waals surface area contributed by atoms with Crippen LogP contribution in [0.15, 0.2) is 48.5 Å². The van der Waals surface area contributed by atoms with Crippen molar-refractivity contribution in [2.24, 2.45) is 0 Å². The third-order valence-electron chi connectivity index (χ3n) is 4.30. The van der Waals surface area contributed by atoms with E-state index in [2.05, 4.69) is 5.32 Å². The van der Waals surface area contributed by atoms with Crippen molar-refractivity contribution < 1.29 is 24.2 Å². The van der Waals surface area contributed by atoms with Gasteiger partial charge in [-0.25, -0.2) is 0 Å². The summed E-state index contributed by atoms with van der Waals surface area (Å²) in [4.78, 5) is 23.3. The zero-order valence-electron chi connectivity index (χ0n) is 15.8. The minimum Gasteiger partial charge on any atom is -0.497 e. The summed E-state index contributed by atoms with van der Waals surface area (Å²) in [5, 5.41) is 12.1. The van der Waals surface area contributed by atoms with Crippen LogP contribution in [0.5, 0.6) is 11.5 Å². The molecular formula is C21H25NO5. The number of methoxy groups -OCH3 is 1. The highest BCUT2D eigenvalue weighted by Crippen LogP contribution is 2.25. The number of hydrogen-bond donors (Lipinski definition) is 2. The summed E-state index contributed by atoms with van der Waals surface area (Å²) in [6.07, 6.45) is 0.917. The maximum Gasteiger partial charge on any atom is 0.313 e. The number of carboxylic acid groups (broad SMARTS) is 1. The SMILES string of the molecule is COc1ccc(OCCCC(=O)Nc2ccc(C(C)(C)C(=O)O)cc2)cc1. The Morgan fingerprint density at radius 3 is 2.15 bits per heavy atom. The fraction of sp³-hybridized carbons (Fsp3) is 0.333. The second kappa shape index (κ2) is 9.07. The molecule has 2 N–H and O–H groups in total. The fourth-order valence-corrected chi connectivity index (χ4v) is 2.41. The third-order valence-corrected chi connectivity index (χ3v) is 4.30. The van der Waals surface area contributed by atoms with Crippen LogP contribution >= 0.6 is 0 Å². The first-order valence-electron chi connectivity index (χ1n) is 8.73. The van der Waals surface area contributed by atoms with Crippen molar-refractivity contribution in [1.82, 2.24) is 0 Å². The van der Waals surface area contributed by atoms with Crippen molar-refractivity contribution in [2.75, 3.05) is 19.0 Å². The summed E-state index contributed by atoms with van der Waals surface area (Å²) in [5.41, 5.74) is 0.350. The van der Waals surface area contributed by atoms with Crippen LogP contribution in [-0.4, -0.2) is 30.7 Å². The molecule has 0 aliphatic heterocycles. The zero-order chi connectivity index (χ0) is 19.9. The predicted molar refractivity (Wildman–Crippen MR) is 103 cm³/mol. The van der Waals surface area contributed by atoms with Gasteiger partial charge >= 0.3 is 5.97 Å². The van der Waals surface area contributed by atoms with Gasteiger partial charge in [-0.05, 0) is 62.2 Å². The van der Waals surface area contributed by atoms with Crippen LogP contribution in [0, 0.1) is 0 Å². The molecule has 0 aromatic heterocycles. The Kier molecular flexibility index (Phi) is 6.82. The minimum absolute atomic E-state index is 0.112. The number of rotatable bonds is 9. The number of carbonyl (C=O) groups is 2. The predicted octanol–water partition coefficient (Wildman–Crippen LogP) is 3.86. The second-order valence-corrected chi connectivity index (χ2v) is 6.68. The monoisotopic (exact) mass is 371 g/mol. The molecule has 2 rings (SSSR count). The van der Waals surface area contributed by atoms with Crippen molar-refractivity contribution in [2.45, 2.75) is 32.1 Å². The van der Waals surface area contributed by atoms with Crippen molar-refractivity contribution in [1.29, 1.82) is 0 Å². The van der Waals surface area contributed by atoms with E-state index in [0.717, 1.165) is 11.5 Å². The number of hydrogen-bond acceptors (Lipinski definition) is 4. The van der Waals surface area contributed by atoms with Gasteiger partial charge in [-0.2, -0.15) is 0 Å². The average Bonchev–Trinajstić information content (AvgIpc) is 2.66. The summed E-state index contributed by atoms with van der Waals surface area (Å²) >= 11 is 0. The van der Waals surface area contributed by atoms with E-state index < -0.39 is 11.4 Å². The van der Waals surface area contributed by atoms with Crippen molar-refractivity contribution in [3.05, 3.63) is 54.1 Å². The van der Waals surface area contributed by atoms with Crippen LogP contribution in [0.1, 0.15) is 32.3 Å². The molecule has 1 amide bonds. The van der Waals surface area contributed by atoms with E-state index in [-0.39, 0.29) is 5.91 Å². The molecule has 0 aliphatic rings. The molecule has 2 aromatic rings. The highest BCUT2D eigenvalue weighted by Gasteiger charge is 2.29. The standard InChI is InChI=1S/C21H25NO5/c1-21(2,20(24)25)15-6-8-16(9-7-15)22-19(23)5-4-14-27-18-12-10-17(26-3)11-13-18/h6-13H,4-5,14H2,1-3H3,(H,22,23)(H,24,25). The number of carboxylic acids is 1. The summed E-state index contributed by atoms with van der Waals surface area (Å²) in [6.45, 7) is 3.73. The van der Waals surface area contributed by atoms with Gasteiger partial charge in [0.15, 0.2) is 0 Å². The normalized spacial score (nSPS) is 10.9. The molecule has 0 saturated heterocycles. The Morgan fingerprint density at radius 1 is 1.00 bits per heavy atom. The van der Waals surface area contributed by atoms with Gasteiger partial charge in [0.2, 0.25) is 5.91 Å². The van der Waals surface area contributed by atoms with Crippen molar-refractivity contribution in [3.63, 3.8) is 0 Å². The zero-order valence-corrected chi connectivity index (χ0v) is 15.8. The van der Waals surface area contributed by atoms with Gasteiger partial charge < -0.3 is 19.9 Å². The van der Waals surface area contributed by atoms with Gasteiger partial charge in [0, 0.05) is 12.1 Å². The minimum atomic E-state index is -0.971. The van der Waals surface area contributed by atoms with Crippen LogP contribution < -0.4 is 14.8 Å². The van der Waals surface area contributed by atoms with Crippen LogP contribution in [0.3, 0.4) is 0 Å². The van der Waals surface area contributed by atoms with Crippen LogP contribution in [0.2, 0.25) is 0 Å². The Bertz CT molecular complexity index is 766. The maximum absolute atomic E-state index is 12.0. The molecule has 0 atom stereocenters.